The van der Waals surface area contributed by atoms with Gasteiger partial charge < -0.3 is 23.7 Å². The van der Waals surface area contributed by atoms with Crippen molar-refractivity contribution >= 4 is 11.8 Å². The molecular weight excluding hydrogens is 461 g/mol. The molecular formula is C22H19F3N2O7. The molecule has 0 aliphatic rings. The van der Waals surface area contributed by atoms with Crippen LogP contribution < -0.4 is 14.2 Å². The Kier molecular flexibility index (Phi) is 7.39. The molecule has 0 aliphatic carbocycles. The van der Waals surface area contributed by atoms with E-state index in [9.17, 15) is 27.9 Å². The molecule has 0 saturated carbocycles. The van der Waals surface area contributed by atoms with Crippen LogP contribution in [0.2, 0.25) is 0 Å². The normalized spacial score (nSPS) is 12.1. The van der Waals surface area contributed by atoms with Crippen LogP contribution >= 0.6 is 0 Å². The monoisotopic (exact) mass is 480 g/mol. The molecule has 1 aromatic carbocycles. The number of ketones is 1. The Labute approximate surface area is 191 Å². The summed E-state index contributed by atoms with van der Waals surface area (Å²) in [4.78, 5) is 32.7. The third-order valence-electron chi connectivity index (χ3n) is 4.61. The number of carbonyl (C=O) groups excluding carboxylic acids is 1. The number of methoxy groups -OCH3 is 2. The first kappa shape index (κ1) is 24.6. The highest BCUT2D eigenvalue weighted by molar-refractivity contribution is 6.08. The highest BCUT2D eigenvalue weighted by atomic mass is 19.4. The second-order valence-electron chi connectivity index (χ2n) is 6.93. The van der Waals surface area contributed by atoms with Crippen LogP contribution in [0.15, 0.2) is 47.2 Å². The van der Waals surface area contributed by atoms with Gasteiger partial charge in [-0.3, -0.25) is 9.59 Å². The van der Waals surface area contributed by atoms with Crippen molar-refractivity contribution in [1.29, 1.82) is 0 Å². The smallest absolute Gasteiger partial charge is 0.422 e. The number of carbonyl (C=O) groups is 2. The summed E-state index contributed by atoms with van der Waals surface area (Å²) < 4.78 is 57.9. The Hall–Kier alpha value is -4.09. The summed E-state index contributed by atoms with van der Waals surface area (Å²) in [6.07, 6.45) is -2.36. The fourth-order valence-corrected chi connectivity index (χ4v) is 3.02. The molecule has 3 rings (SSSR count). The van der Waals surface area contributed by atoms with E-state index in [1.807, 2.05) is 0 Å². The first-order valence-electron chi connectivity index (χ1n) is 9.71. The minimum Gasteiger partial charge on any atom is -0.494 e. The largest absolute Gasteiger partial charge is 0.494 e. The summed E-state index contributed by atoms with van der Waals surface area (Å²) in [7, 11) is 2.60. The first-order valence-corrected chi connectivity index (χ1v) is 9.71. The number of rotatable bonds is 10. The number of hydrogen-bond donors (Lipinski definition) is 1. The fourth-order valence-electron chi connectivity index (χ4n) is 3.02. The zero-order valence-corrected chi connectivity index (χ0v) is 18.0. The van der Waals surface area contributed by atoms with Gasteiger partial charge in [-0.1, -0.05) is 0 Å². The molecule has 0 aliphatic heterocycles. The van der Waals surface area contributed by atoms with Crippen LogP contribution in [0.4, 0.5) is 13.2 Å². The van der Waals surface area contributed by atoms with Gasteiger partial charge in [-0.2, -0.15) is 13.2 Å². The van der Waals surface area contributed by atoms with Crippen LogP contribution in [0.1, 0.15) is 16.2 Å². The summed E-state index contributed by atoms with van der Waals surface area (Å²) in [6, 6.07) is 7.13. The molecule has 3 aromatic rings. The molecule has 2 heterocycles. The fraction of sp³-hybridized carbons (Fsp3) is 0.273. The van der Waals surface area contributed by atoms with Crippen molar-refractivity contribution in [1.82, 2.24) is 9.97 Å². The predicted molar refractivity (Wildman–Crippen MR) is 110 cm³/mol. The molecule has 34 heavy (non-hydrogen) atoms. The number of alkyl halides is 3. The number of halogens is 3. The molecule has 180 valence electrons. The van der Waals surface area contributed by atoms with E-state index in [4.69, 9.17) is 18.6 Å². The summed E-state index contributed by atoms with van der Waals surface area (Å²) in [5.41, 5.74) is 0.260. The lowest BCUT2D eigenvalue weighted by atomic mass is 9.96. The quantitative estimate of drug-likeness (QED) is 0.341. The van der Waals surface area contributed by atoms with E-state index in [0.29, 0.717) is 0 Å². The Morgan fingerprint density at radius 2 is 1.85 bits per heavy atom. The molecule has 0 bridgehead atoms. The van der Waals surface area contributed by atoms with Gasteiger partial charge in [0.15, 0.2) is 23.9 Å². The Morgan fingerprint density at radius 3 is 2.50 bits per heavy atom. The molecule has 0 spiro atoms. The van der Waals surface area contributed by atoms with E-state index in [1.54, 1.807) is 0 Å². The number of oxazole rings is 1. The van der Waals surface area contributed by atoms with E-state index in [2.05, 4.69) is 9.97 Å². The second-order valence-corrected chi connectivity index (χ2v) is 6.93. The van der Waals surface area contributed by atoms with Crippen molar-refractivity contribution in [3.05, 3.63) is 54.2 Å². The van der Waals surface area contributed by atoms with E-state index in [-0.39, 0.29) is 46.5 Å². The zero-order valence-electron chi connectivity index (χ0n) is 18.0. The maximum absolute atomic E-state index is 12.8. The summed E-state index contributed by atoms with van der Waals surface area (Å²) >= 11 is 0. The number of Topliss-reactive ketones (excluding diaryl/α,β-unsaturated/α-hetero) is 1. The summed E-state index contributed by atoms with van der Waals surface area (Å²) in [6.45, 7) is -1.52. The van der Waals surface area contributed by atoms with Crippen molar-refractivity contribution in [2.75, 3.05) is 20.8 Å². The van der Waals surface area contributed by atoms with E-state index < -0.39 is 30.5 Å². The van der Waals surface area contributed by atoms with E-state index in [1.165, 1.54) is 50.7 Å². The topological polar surface area (TPSA) is 121 Å². The summed E-state index contributed by atoms with van der Waals surface area (Å²) in [5.74, 6) is -3.69. The number of benzene rings is 1. The number of pyridine rings is 1. The van der Waals surface area contributed by atoms with Crippen LogP contribution in [0.25, 0.3) is 11.5 Å². The van der Waals surface area contributed by atoms with Gasteiger partial charge in [0.25, 0.3) is 0 Å². The van der Waals surface area contributed by atoms with Crippen molar-refractivity contribution in [3.8, 4) is 28.7 Å². The molecule has 1 unspecified atom stereocenters. The number of carboxylic acids is 1. The van der Waals surface area contributed by atoms with Crippen LogP contribution in [-0.2, 0) is 11.2 Å². The molecule has 0 saturated heterocycles. The number of nitrogens with zero attached hydrogens (tertiary/aromatic N) is 2. The highest BCUT2D eigenvalue weighted by Gasteiger charge is 2.32. The van der Waals surface area contributed by atoms with Crippen molar-refractivity contribution in [2.45, 2.75) is 12.6 Å². The van der Waals surface area contributed by atoms with Gasteiger partial charge >= 0.3 is 12.1 Å². The average Bonchev–Trinajstić information content (AvgIpc) is 3.28. The molecule has 2 aromatic heterocycles. The minimum atomic E-state index is -4.55. The van der Waals surface area contributed by atoms with Gasteiger partial charge in [-0.05, 0) is 30.3 Å². The Morgan fingerprint density at radius 1 is 1.12 bits per heavy atom. The maximum Gasteiger partial charge on any atom is 0.422 e. The zero-order chi connectivity index (χ0) is 24.9. The number of ether oxygens (including phenoxy) is 3. The van der Waals surface area contributed by atoms with E-state index >= 15 is 0 Å². The molecule has 0 radical (unpaired) electrons. The van der Waals surface area contributed by atoms with Crippen LogP contribution in [-0.4, -0.2) is 53.8 Å². The maximum atomic E-state index is 12.8. The molecule has 0 fully saturated rings. The van der Waals surface area contributed by atoms with Crippen LogP contribution in [0.3, 0.4) is 0 Å². The van der Waals surface area contributed by atoms with Crippen molar-refractivity contribution < 1.29 is 46.5 Å². The Balaban J connectivity index is 1.84. The molecule has 9 nitrogen and oxygen atoms in total. The van der Waals surface area contributed by atoms with Gasteiger partial charge in [0.2, 0.25) is 5.89 Å². The standard InChI is InChI=1S/C22H19F3N2O7/c1-31-15-6-5-12(8-17(15)34-11-22(23,24)25)20-27-13(10-33-20)9-14(21(29)30)19(28)18-16(32-2)4-3-7-26-18/h3-8,10,14H,9,11H2,1-2H3,(H,29,30). The molecule has 1 N–H and O–H groups in total. The Bertz CT molecular complexity index is 1180. The third kappa shape index (κ3) is 5.82. The number of aromatic nitrogens is 2. The lowest BCUT2D eigenvalue weighted by molar-refractivity contribution is -0.153. The average molecular weight is 480 g/mol. The van der Waals surface area contributed by atoms with Gasteiger partial charge in [0, 0.05) is 18.2 Å². The number of hydrogen-bond acceptors (Lipinski definition) is 8. The molecule has 0 amide bonds. The number of carboxylic acid groups (broad SMARTS) is 1. The lowest BCUT2D eigenvalue weighted by Crippen LogP contribution is -2.27. The first-order chi connectivity index (χ1) is 16.1. The van der Waals surface area contributed by atoms with Gasteiger partial charge in [0.05, 0.1) is 19.9 Å². The van der Waals surface area contributed by atoms with Crippen molar-refractivity contribution in [3.63, 3.8) is 0 Å². The van der Waals surface area contributed by atoms with E-state index in [0.717, 1.165) is 6.26 Å². The van der Waals surface area contributed by atoms with Crippen LogP contribution in [0, 0.1) is 5.92 Å². The SMILES string of the molecule is COc1ccc(-c2nc(CC(C(=O)O)C(=O)c3ncccc3OC)co2)cc1OCC(F)(F)F. The van der Waals surface area contributed by atoms with Crippen LogP contribution in [0.5, 0.6) is 17.2 Å². The molecule has 1 atom stereocenters. The van der Waals surface area contributed by atoms with Gasteiger partial charge in [-0.25, -0.2) is 9.97 Å². The van der Waals surface area contributed by atoms with Gasteiger partial charge in [-0.15, -0.1) is 0 Å². The number of aliphatic carboxylic acids is 1. The highest BCUT2D eigenvalue weighted by Crippen LogP contribution is 2.33. The van der Waals surface area contributed by atoms with Crippen molar-refractivity contribution in [2.24, 2.45) is 5.92 Å². The lowest BCUT2D eigenvalue weighted by Gasteiger charge is -2.13. The predicted octanol–water partition coefficient (Wildman–Crippen LogP) is 3.82. The summed E-state index contributed by atoms with van der Waals surface area (Å²) in [5, 5.41) is 9.60. The van der Waals surface area contributed by atoms with Gasteiger partial charge in [0.1, 0.15) is 23.6 Å². The minimum absolute atomic E-state index is 0.0125. The second kappa shape index (κ2) is 10.2. The third-order valence-corrected chi connectivity index (χ3v) is 4.61. The molecule has 12 heteroatoms.